The third kappa shape index (κ3) is 4.68. The lowest BCUT2D eigenvalue weighted by molar-refractivity contribution is -0.134. The summed E-state index contributed by atoms with van der Waals surface area (Å²) in [6.45, 7) is 5.57. The molecule has 1 spiro atoms. The molecule has 0 aromatic heterocycles. The van der Waals surface area contributed by atoms with Crippen LogP contribution in [0.2, 0.25) is 0 Å². The van der Waals surface area contributed by atoms with Gasteiger partial charge in [0, 0.05) is 12.5 Å². The van der Waals surface area contributed by atoms with Gasteiger partial charge >= 0.3 is 12.1 Å². The molecule has 2 fully saturated rings. The van der Waals surface area contributed by atoms with Crippen LogP contribution in [0, 0.1) is 11.7 Å². The molecule has 1 aliphatic carbocycles. The van der Waals surface area contributed by atoms with E-state index in [1.165, 1.54) is 12.1 Å². The Kier molecular flexibility index (Phi) is 5.82. The molecule has 29 heavy (non-hydrogen) atoms. The largest absolute Gasteiger partial charge is 0.444 e. The van der Waals surface area contributed by atoms with E-state index in [9.17, 15) is 18.8 Å². The predicted molar refractivity (Wildman–Crippen MR) is 104 cm³/mol. The molecule has 0 bridgehead atoms. The van der Waals surface area contributed by atoms with Crippen molar-refractivity contribution < 1.29 is 23.5 Å². The van der Waals surface area contributed by atoms with Crippen LogP contribution in [0.25, 0.3) is 0 Å². The highest BCUT2D eigenvalue weighted by Crippen LogP contribution is 2.38. The van der Waals surface area contributed by atoms with Gasteiger partial charge in [-0.3, -0.25) is 9.69 Å². The van der Waals surface area contributed by atoms with Crippen molar-refractivity contribution in [3.8, 4) is 0 Å². The molecule has 8 heteroatoms. The Bertz CT molecular complexity index is 807. The Balaban J connectivity index is 1.73. The maximum absolute atomic E-state index is 13.5. The van der Waals surface area contributed by atoms with Crippen molar-refractivity contribution in [2.75, 3.05) is 6.54 Å². The summed E-state index contributed by atoms with van der Waals surface area (Å²) in [5.41, 5.74) is -1.12. The van der Waals surface area contributed by atoms with E-state index in [0.29, 0.717) is 18.4 Å². The maximum Gasteiger partial charge on any atom is 0.407 e. The lowest BCUT2D eigenvalue weighted by atomic mass is 9.72. The summed E-state index contributed by atoms with van der Waals surface area (Å²) in [6.07, 6.45) is 2.39. The van der Waals surface area contributed by atoms with E-state index in [0.717, 1.165) is 17.7 Å². The van der Waals surface area contributed by atoms with Crippen LogP contribution in [0.1, 0.15) is 52.0 Å². The van der Waals surface area contributed by atoms with E-state index in [1.807, 2.05) is 0 Å². The smallest absolute Gasteiger partial charge is 0.407 e. The highest BCUT2D eigenvalue weighted by molar-refractivity contribution is 6.07. The summed E-state index contributed by atoms with van der Waals surface area (Å²) in [5, 5.41) is 5.61. The van der Waals surface area contributed by atoms with Crippen LogP contribution in [0.5, 0.6) is 0 Å². The van der Waals surface area contributed by atoms with Crippen LogP contribution < -0.4 is 10.6 Å². The zero-order valence-corrected chi connectivity index (χ0v) is 17.1. The van der Waals surface area contributed by atoms with E-state index in [-0.39, 0.29) is 24.9 Å². The lowest BCUT2D eigenvalue weighted by Gasteiger charge is -2.39. The van der Waals surface area contributed by atoms with Gasteiger partial charge in [-0.25, -0.2) is 14.0 Å². The van der Waals surface area contributed by atoms with Crippen LogP contribution in [-0.2, 0) is 16.1 Å². The molecule has 2 N–H and O–H groups in total. The first kappa shape index (κ1) is 21.1. The number of nitrogens with zero attached hydrogens (tertiary/aromatic N) is 1. The van der Waals surface area contributed by atoms with Crippen LogP contribution >= 0.6 is 0 Å². The molecule has 1 aromatic carbocycles. The van der Waals surface area contributed by atoms with Crippen molar-refractivity contribution in [1.29, 1.82) is 0 Å². The van der Waals surface area contributed by atoms with Crippen molar-refractivity contribution in [1.82, 2.24) is 15.5 Å². The van der Waals surface area contributed by atoms with Gasteiger partial charge in [-0.05, 0) is 51.3 Å². The van der Waals surface area contributed by atoms with Gasteiger partial charge in [0.15, 0.2) is 0 Å². The summed E-state index contributed by atoms with van der Waals surface area (Å²) in [7, 11) is 0. The Morgan fingerprint density at radius 2 is 2.10 bits per heavy atom. The number of alkyl carbamates (subject to hydrolysis) is 1. The number of benzene rings is 1. The van der Waals surface area contributed by atoms with Gasteiger partial charge in [-0.1, -0.05) is 25.0 Å². The zero-order valence-electron chi connectivity index (χ0n) is 17.1. The number of urea groups is 1. The molecule has 2 atom stereocenters. The Morgan fingerprint density at radius 1 is 1.34 bits per heavy atom. The van der Waals surface area contributed by atoms with Crippen molar-refractivity contribution in [3.63, 3.8) is 0 Å². The third-order valence-corrected chi connectivity index (χ3v) is 5.39. The molecule has 0 unspecified atom stereocenters. The maximum atomic E-state index is 13.5. The fraction of sp³-hybridized carbons (Fsp3) is 0.571. The average Bonchev–Trinajstić information content (AvgIpc) is 2.84. The SMILES string of the molecule is CC(C)(C)OC(=O)NC[C@H]1CCCC[C@]12NC(=O)N(Cc1cccc(F)c1)C2=O. The minimum Gasteiger partial charge on any atom is -0.444 e. The minimum absolute atomic E-state index is 0.0103. The molecular weight excluding hydrogens is 377 g/mol. The Labute approximate surface area is 170 Å². The van der Waals surface area contributed by atoms with E-state index in [4.69, 9.17) is 4.74 Å². The second-order valence-electron chi connectivity index (χ2n) is 8.75. The van der Waals surface area contributed by atoms with E-state index >= 15 is 0 Å². The Morgan fingerprint density at radius 3 is 2.79 bits per heavy atom. The molecule has 0 radical (unpaired) electrons. The fourth-order valence-corrected chi connectivity index (χ4v) is 4.09. The highest BCUT2D eigenvalue weighted by Gasteiger charge is 2.56. The number of imide groups is 1. The zero-order chi connectivity index (χ0) is 21.2. The second-order valence-corrected chi connectivity index (χ2v) is 8.75. The Hall–Kier alpha value is -2.64. The number of rotatable bonds is 4. The van der Waals surface area contributed by atoms with Gasteiger partial charge in [-0.15, -0.1) is 0 Å². The number of hydrogen-bond acceptors (Lipinski definition) is 4. The molecule has 7 nitrogen and oxygen atoms in total. The molecule has 1 saturated heterocycles. The molecule has 4 amide bonds. The first-order chi connectivity index (χ1) is 13.6. The van der Waals surface area contributed by atoms with Gasteiger partial charge in [0.25, 0.3) is 5.91 Å². The number of carbonyl (C=O) groups is 3. The molecule has 1 aliphatic heterocycles. The summed E-state index contributed by atoms with van der Waals surface area (Å²) in [5.74, 6) is -0.971. The minimum atomic E-state index is -1.04. The van der Waals surface area contributed by atoms with Crippen molar-refractivity contribution in [2.45, 2.75) is 64.1 Å². The lowest BCUT2D eigenvalue weighted by Crippen LogP contribution is -2.57. The van der Waals surface area contributed by atoms with Gasteiger partial charge in [-0.2, -0.15) is 0 Å². The normalized spacial score (nSPS) is 24.6. The molecule has 158 valence electrons. The number of halogens is 1. The molecule has 3 rings (SSSR count). The second kappa shape index (κ2) is 8.00. The van der Waals surface area contributed by atoms with Gasteiger partial charge < -0.3 is 15.4 Å². The topological polar surface area (TPSA) is 87.7 Å². The molecule has 1 saturated carbocycles. The average molecular weight is 405 g/mol. The molecule has 1 aromatic rings. The van der Waals surface area contributed by atoms with Crippen molar-refractivity contribution in [3.05, 3.63) is 35.6 Å². The van der Waals surface area contributed by atoms with Gasteiger partial charge in [0.1, 0.15) is 17.0 Å². The fourth-order valence-electron chi connectivity index (χ4n) is 4.09. The quantitative estimate of drug-likeness (QED) is 0.752. The van der Waals surface area contributed by atoms with Crippen molar-refractivity contribution in [2.24, 2.45) is 5.92 Å². The standard InChI is InChI=1S/C21H28FN3O4/c1-20(2,3)29-19(28)23-12-15-8-4-5-10-21(15)17(26)25(18(27)24-21)13-14-7-6-9-16(22)11-14/h6-7,9,11,15H,4-5,8,10,12-13H2,1-3H3,(H,23,28)(H,24,27)/t15-,21+/m1/s1. The first-order valence-electron chi connectivity index (χ1n) is 9.96. The molecule has 1 heterocycles. The van der Waals surface area contributed by atoms with Gasteiger partial charge in [0.05, 0.1) is 6.54 Å². The van der Waals surface area contributed by atoms with Crippen LogP contribution in [0.4, 0.5) is 14.0 Å². The third-order valence-electron chi connectivity index (χ3n) is 5.39. The number of ether oxygens (including phenoxy) is 1. The van der Waals surface area contributed by atoms with Crippen LogP contribution in [0.3, 0.4) is 0 Å². The van der Waals surface area contributed by atoms with E-state index in [2.05, 4.69) is 10.6 Å². The van der Waals surface area contributed by atoms with Crippen LogP contribution in [-0.4, -0.2) is 40.6 Å². The summed E-state index contributed by atoms with van der Waals surface area (Å²) >= 11 is 0. The number of hydrogen-bond donors (Lipinski definition) is 2. The first-order valence-corrected chi connectivity index (χ1v) is 9.96. The number of carbonyl (C=O) groups excluding carboxylic acids is 3. The monoisotopic (exact) mass is 405 g/mol. The van der Waals surface area contributed by atoms with E-state index < -0.39 is 29.1 Å². The molecular formula is C21H28FN3O4. The highest BCUT2D eigenvalue weighted by atomic mass is 19.1. The van der Waals surface area contributed by atoms with Crippen molar-refractivity contribution >= 4 is 18.0 Å². The molecule has 2 aliphatic rings. The van der Waals surface area contributed by atoms with E-state index in [1.54, 1.807) is 32.9 Å². The predicted octanol–water partition coefficient (Wildman–Crippen LogP) is 3.33. The summed E-state index contributed by atoms with van der Waals surface area (Å²) in [4.78, 5) is 39.1. The summed E-state index contributed by atoms with van der Waals surface area (Å²) in [6, 6.07) is 5.37. The number of amides is 4. The van der Waals surface area contributed by atoms with Crippen LogP contribution in [0.15, 0.2) is 24.3 Å². The number of nitrogens with one attached hydrogen (secondary N) is 2. The summed E-state index contributed by atoms with van der Waals surface area (Å²) < 4.78 is 18.8. The van der Waals surface area contributed by atoms with Gasteiger partial charge in [0.2, 0.25) is 0 Å².